The molecule has 3 rings (SSSR count). The van der Waals surface area contributed by atoms with Crippen molar-refractivity contribution in [2.75, 3.05) is 51.0 Å². The van der Waals surface area contributed by atoms with Gasteiger partial charge in [-0.15, -0.1) is 0 Å². The van der Waals surface area contributed by atoms with Crippen molar-refractivity contribution in [1.29, 1.82) is 0 Å². The minimum absolute atomic E-state index is 0.0647. The lowest BCUT2D eigenvalue weighted by Crippen LogP contribution is -2.50. The first-order valence-electron chi connectivity index (χ1n) is 8.05. The maximum atomic E-state index is 12.7. The van der Waals surface area contributed by atoms with Crippen LogP contribution in [0.15, 0.2) is 18.2 Å². The molecule has 1 aromatic rings. The zero-order valence-electron chi connectivity index (χ0n) is 14.3. The Morgan fingerprint density at radius 1 is 1.16 bits per heavy atom. The number of hydrogen-bond donors (Lipinski definition) is 0. The van der Waals surface area contributed by atoms with E-state index in [1.54, 1.807) is 30.1 Å². The Morgan fingerprint density at radius 3 is 2.48 bits per heavy atom. The third-order valence-electron chi connectivity index (χ3n) is 4.51. The van der Waals surface area contributed by atoms with Gasteiger partial charge in [0.05, 0.1) is 25.0 Å². The number of carbonyl (C=O) groups is 2. The Balaban J connectivity index is 1.78. The summed E-state index contributed by atoms with van der Waals surface area (Å²) >= 11 is 0. The van der Waals surface area contributed by atoms with Crippen LogP contribution in [0.5, 0.6) is 5.75 Å². The molecular weight excluding hydrogens is 346 g/mol. The molecule has 0 radical (unpaired) electrons. The summed E-state index contributed by atoms with van der Waals surface area (Å²) in [5.74, 6) is 0.331. The fourth-order valence-electron chi connectivity index (χ4n) is 2.99. The summed E-state index contributed by atoms with van der Waals surface area (Å²) in [5.41, 5.74) is 1.03. The molecule has 0 spiro atoms. The number of anilines is 1. The number of rotatable bonds is 2. The lowest BCUT2D eigenvalue weighted by molar-refractivity contribution is -0.118. The van der Waals surface area contributed by atoms with Crippen LogP contribution in [0.2, 0.25) is 0 Å². The zero-order chi connectivity index (χ0) is 18.2. The van der Waals surface area contributed by atoms with Crippen LogP contribution < -0.4 is 9.64 Å². The molecule has 1 aromatic carbocycles. The van der Waals surface area contributed by atoms with Crippen molar-refractivity contribution in [3.05, 3.63) is 23.8 Å². The van der Waals surface area contributed by atoms with E-state index in [9.17, 15) is 18.0 Å². The van der Waals surface area contributed by atoms with Crippen molar-refractivity contribution in [3.63, 3.8) is 0 Å². The average Bonchev–Trinajstić information content (AvgIpc) is 2.73. The number of amides is 2. The highest BCUT2D eigenvalue weighted by atomic mass is 32.2. The summed E-state index contributed by atoms with van der Waals surface area (Å²) in [7, 11) is -1.57. The van der Waals surface area contributed by atoms with Crippen molar-refractivity contribution >= 4 is 27.5 Å². The van der Waals surface area contributed by atoms with Gasteiger partial charge in [-0.1, -0.05) is 0 Å². The van der Waals surface area contributed by atoms with Gasteiger partial charge in [0.2, 0.25) is 15.9 Å². The maximum absolute atomic E-state index is 12.7. The van der Waals surface area contributed by atoms with Gasteiger partial charge in [-0.25, -0.2) is 8.42 Å². The molecule has 0 bridgehead atoms. The average molecular weight is 367 g/mol. The highest BCUT2D eigenvalue weighted by Crippen LogP contribution is 2.32. The molecule has 1 saturated heterocycles. The SMILES string of the molecule is CN1C(=O)CCOc2ccc(C(=O)N3CCN(S(C)(=O)=O)CC3)cc21. The minimum Gasteiger partial charge on any atom is -0.491 e. The van der Waals surface area contributed by atoms with Gasteiger partial charge < -0.3 is 14.5 Å². The number of sulfonamides is 1. The van der Waals surface area contributed by atoms with Gasteiger partial charge in [-0.2, -0.15) is 4.31 Å². The monoisotopic (exact) mass is 367 g/mol. The molecule has 0 atom stereocenters. The van der Waals surface area contributed by atoms with Gasteiger partial charge in [0, 0.05) is 38.8 Å². The maximum Gasteiger partial charge on any atom is 0.254 e. The Labute approximate surface area is 147 Å². The highest BCUT2D eigenvalue weighted by Gasteiger charge is 2.28. The van der Waals surface area contributed by atoms with Crippen LogP contribution in [0, 0.1) is 0 Å². The first-order chi connectivity index (χ1) is 11.8. The highest BCUT2D eigenvalue weighted by molar-refractivity contribution is 7.88. The largest absolute Gasteiger partial charge is 0.491 e. The quantitative estimate of drug-likeness (QED) is 0.743. The van der Waals surface area contributed by atoms with Gasteiger partial charge in [-0.05, 0) is 18.2 Å². The van der Waals surface area contributed by atoms with Crippen molar-refractivity contribution in [1.82, 2.24) is 9.21 Å². The lowest BCUT2D eigenvalue weighted by atomic mass is 10.1. The fraction of sp³-hybridized carbons (Fsp3) is 0.500. The Kier molecular flexibility index (Phi) is 4.70. The van der Waals surface area contributed by atoms with Gasteiger partial charge in [0.25, 0.3) is 5.91 Å². The molecule has 25 heavy (non-hydrogen) atoms. The van der Waals surface area contributed by atoms with Crippen LogP contribution >= 0.6 is 0 Å². The van der Waals surface area contributed by atoms with E-state index in [2.05, 4.69) is 0 Å². The second-order valence-corrected chi connectivity index (χ2v) is 8.17. The number of piperazine rings is 1. The summed E-state index contributed by atoms with van der Waals surface area (Å²) < 4.78 is 30.1. The van der Waals surface area contributed by atoms with Gasteiger partial charge in [0.15, 0.2) is 0 Å². The van der Waals surface area contributed by atoms with E-state index < -0.39 is 10.0 Å². The van der Waals surface area contributed by atoms with E-state index in [1.165, 1.54) is 15.5 Å². The van der Waals surface area contributed by atoms with E-state index in [4.69, 9.17) is 4.74 Å². The number of carbonyl (C=O) groups excluding carboxylic acids is 2. The molecular formula is C16H21N3O5S. The lowest BCUT2D eigenvalue weighted by Gasteiger charge is -2.33. The molecule has 9 heteroatoms. The topological polar surface area (TPSA) is 87.2 Å². The van der Waals surface area contributed by atoms with Crippen molar-refractivity contribution in [2.45, 2.75) is 6.42 Å². The van der Waals surface area contributed by atoms with Crippen LogP contribution in [-0.4, -0.2) is 75.5 Å². The summed E-state index contributed by atoms with van der Waals surface area (Å²) in [4.78, 5) is 27.8. The summed E-state index contributed by atoms with van der Waals surface area (Å²) in [6.07, 6.45) is 1.46. The predicted octanol–water partition coefficient (Wildman–Crippen LogP) is 0.149. The van der Waals surface area contributed by atoms with Crippen molar-refractivity contribution < 1.29 is 22.7 Å². The van der Waals surface area contributed by atoms with Gasteiger partial charge in [0.1, 0.15) is 5.75 Å². The van der Waals surface area contributed by atoms with Crippen molar-refractivity contribution in [3.8, 4) is 5.75 Å². The van der Waals surface area contributed by atoms with Crippen LogP contribution in [0.4, 0.5) is 5.69 Å². The first kappa shape index (κ1) is 17.7. The summed E-state index contributed by atoms with van der Waals surface area (Å²) in [6.45, 7) is 1.58. The van der Waals surface area contributed by atoms with Crippen LogP contribution in [0.3, 0.4) is 0 Å². The minimum atomic E-state index is -3.23. The molecule has 0 aromatic heterocycles. The third-order valence-corrected chi connectivity index (χ3v) is 5.81. The van der Waals surface area contributed by atoms with E-state index in [1.807, 2.05) is 0 Å². The van der Waals surface area contributed by atoms with Gasteiger partial charge >= 0.3 is 0 Å². The molecule has 1 fully saturated rings. The van der Waals surface area contributed by atoms with Crippen LogP contribution in [0.1, 0.15) is 16.8 Å². The summed E-state index contributed by atoms with van der Waals surface area (Å²) in [5, 5.41) is 0. The number of nitrogens with zero attached hydrogens (tertiary/aromatic N) is 3. The fourth-order valence-corrected chi connectivity index (χ4v) is 3.82. The normalized spacial score (nSPS) is 19.2. The standard InChI is InChI=1S/C16H21N3O5S/c1-17-13-11-12(3-4-14(13)24-10-5-15(17)20)16(21)18-6-8-19(9-7-18)25(2,22)23/h3-4,11H,5-10H2,1-2H3. The molecule has 2 aliphatic heterocycles. The molecule has 136 valence electrons. The van der Waals surface area contributed by atoms with Crippen LogP contribution in [-0.2, 0) is 14.8 Å². The van der Waals surface area contributed by atoms with E-state index in [0.29, 0.717) is 43.1 Å². The first-order valence-corrected chi connectivity index (χ1v) is 9.90. The Bertz CT molecular complexity index is 800. The summed E-state index contributed by atoms with van der Waals surface area (Å²) in [6, 6.07) is 5.03. The van der Waals surface area contributed by atoms with Gasteiger partial charge in [-0.3, -0.25) is 9.59 Å². The van der Waals surface area contributed by atoms with E-state index >= 15 is 0 Å². The van der Waals surface area contributed by atoms with Crippen molar-refractivity contribution in [2.24, 2.45) is 0 Å². The molecule has 0 saturated carbocycles. The number of ether oxygens (including phenoxy) is 1. The Hall–Kier alpha value is -2.13. The molecule has 2 amide bonds. The molecule has 0 unspecified atom stereocenters. The number of benzene rings is 1. The molecule has 0 N–H and O–H groups in total. The smallest absolute Gasteiger partial charge is 0.254 e. The second-order valence-electron chi connectivity index (χ2n) is 6.19. The number of hydrogen-bond acceptors (Lipinski definition) is 5. The predicted molar refractivity (Wildman–Crippen MR) is 92.3 cm³/mol. The number of fused-ring (bicyclic) bond motifs is 1. The van der Waals surface area contributed by atoms with E-state index in [-0.39, 0.29) is 24.9 Å². The second kappa shape index (κ2) is 6.64. The molecule has 8 nitrogen and oxygen atoms in total. The van der Waals surface area contributed by atoms with Crippen LogP contribution in [0.25, 0.3) is 0 Å². The Morgan fingerprint density at radius 2 is 1.84 bits per heavy atom. The molecule has 2 aliphatic rings. The zero-order valence-corrected chi connectivity index (χ0v) is 15.1. The third kappa shape index (κ3) is 3.62. The molecule has 0 aliphatic carbocycles. The van der Waals surface area contributed by atoms with E-state index in [0.717, 1.165) is 0 Å². The molecule has 2 heterocycles.